The van der Waals surface area contributed by atoms with Gasteiger partial charge in [-0.3, -0.25) is 14.4 Å². The molecule has 0 fully saturated rings. The van der Waals surface area contributed by atoms with Gasteiger partial charge >= 0.3 is 23.5 Å². The second-order valence-electron chi connectivity index (χ2n) is 8.24. The number of hydrazone groups is 1. The molecule has 1 heterocycles. The van der Waals surface area contributed by atoms with Gasteiger partial charge in [-0.25, -0.2) is 5.01 Å². The maximum Gasteiger partial charge on any atom is 0.471 e. The van der Waals surface area contributed by atoms with Gasteiger partial charge in [0.2, 0.25) is 5.91 Å². The normalized spacial score (nSPS) is 15.4. The van der Waals surface area contributed by atoms with Crippen molar-refractivity contribution >= 4 is 40.1 Å². The highest BCUT2D eigenvalue weighted by Gasteiger charge is 2.39. The number of halogens is 7. The van der Waals surface area contributed by atoms with E-state index < -0.39 is 23.5 Å². The number of hydrogen-bond donors (Lipinski definition) is 1. The number of amides is 2. The fourth-order valence-electron chi connectivity index (χ4n) is 3.50. The number of carbonyl (C=O) groups excluding carboxylic acids is 3. The van der Waals surface area contributed by atoms with Crippen molar-refractivity contribution in [2.45, 2.75) is 38.7 Å². The molecule has 15 heteroatoms. The molecule has 0 saturated heterocycles. The van der Waals surface area contributed by atoms with Crippen LogP contribution in [0.2, 0.25) is 0 Å². The molecule has 0 bridgehead atoms. The number of ether oxygens (including phenoxy) is 2. The third-order valence-electron chi connectivity index (χ3n) is 5.52. The molecule has 0 aliphatic carbocycles. The Bertz CT molecular complexity index is 1250. The Balaban J connectivity index is 0.000000708. The summed E-state index contributed by atoms with van der Waals surface area (Å²) in [6.45, 7) is 2.12. The summed E-state index contributed by atoms with van der Waals surface area (Å²) in [5, 5.41) is 5.45. The largest absolute Gasteiger partial charge is 0.493 e. The minimum atomic E-state index is -4.97. The highest BCUT2D eigenvalue weighted by atomic mass is 35.5. The Morgan fingerprint density at radius 2 is 1.57 bits per heavy atom. The van der Waals surface area contributed by atoms with Crippen molar-refractivity contribution in [1.29, 1.82) is 0 Å². The molecule has 8 nitrogen and oxygen atoms in total. The SMILES string of the molecule is CCC1CC(=O)N(Cc2ccc(NC(=O)C(F)(F)F)cc2)N=C1c1ccc(OC)c(OC)c1.O=C(Cl)C(F)(F)F. The van der Waals surface area contributed by atoms with Gasteiger partial charge in [-0.15, -0.1) is 0 Å². The monoisotopic (exact) mass is 595 g/mol. The van der Waals surface area contributed by atoms with Gasteiger partial charge in [-0.05, 0) is 53.9 Å². The van der Waals surface area contributed by atoms with Crippen LogP contribution in [0.1, 0.15) is 30.9 Å². The molecule has 40 heavy (non-hydrogen) atoms. The molecule has 0 radical (unpaired) electrons. The molecule has 0 aromatic heterocycles. The van der Waals surface area contributed by atoms with E-state index in [1.165, 1.54) is 36.4 Å². The van der Waals surface area contributed by atoms with Gasteiger partial charge in [0.15, 0.2) is 11.5 Å². The minimum Gasteiger partial charge on any atom is -0.493 e. The van der Waals surface area contributed by atoms with Crippen LogP contribution in [0, 0.1) is 5.92 Å². The maximum absolute atomic E-state index is 12.7. The van der Waals surface area contributed by atoms with Gasteiger partial charge in [-0.1, -0.05) is 19.1 Å². The number of nitrogens with zero attached hydrogens (tertiary/aromatic N) is 2. The van der Waals surface area contributed by atoms with Crippen LogP contribution in [0.25, 0.3) is 0 Å². The van der Waals surface area contributed by atoms with Crippen molar-refractivity contribution in [3.8, 4) is 11.5 Å². The standard InChI is InChI=1S/C23H24F3N3O4.C2ClF3O/c1-4-15-12-20(30)29(28-21(15)16-7-10-18(32-2)19(11-16)33-3)13-14-5-8-17(9-6-14)27-22(31)23(24,25)26;3-1(7)2(4,5)6/h5-11,15H,4,12-13H2,1-3H3,(H,27,31);. The molecule has 2 aromatic carbocycles. The second-order valence-corrected chi connectivity index (χ2v) is 8.58. The summed E-state index contributed by atoms with van der Waals surface area (Å²) >= 11 is 3.99. The van der Waals surface area contributed by atoms with Crippen molar-refractivity contribution < 1.29 is 50.2 Å². The number of hydrogen-bond acceptors (Lipinski definition) is 6. The van der Waals surface area contributed by atoms with Crippen molar-refractivity contribution in [2.75, 3.05) is 19.5 Å². The molecular formula is C25H24ClF6N3O5. The molecule has 1 unspecified atom stereocenters. The molecule has 1 N–H and O–H groups in total. The summed E-state index contributed by atoms with van der Waals surface area (Å²) in [6.07, 6.45) is -8.84. The maximum atomic E-state index is 12.7. The highest BCUT2D eigenvalue weighted by Crippen LogP contribution is 2.32. The van der Waals surface area contributed by atoms with E-state index in [2.05, 4.69) is 16.7 Å². The minimum absolute atomic E-state index is 0.00612. The Morgan fingerprint density at radius 3 is 2.05 bits per heavy atom. The predicted molar refractivity (Wildman–Crippen MR) is 133 cm³/mol. The van der Waals surface area contributed by atoms with Crippen molar-refractivity contribution in [3.05, 3.63) is 53.6 Å². The Labute approximate surface area is 229 Å². The van der Waals surface area contributed by atoms with Crippen LogP contribution in [0.3, 0.4) is 0 Å². The van der Waals surface area contributed by atoms with Gasteiger partial charge in [0.1, 0.15) is 0 Å². The predicted octanol–water partition coefficient (Wildman–Crippen LogP) is 5.68. The fraction of sp³-hybridized carbons (Fsp3) is 0.360. The number of benzene rings is 2. The fourth-order valence-corrected chi connectivity index (χ4v) is 3.50. The van der Waals surface area contributed by atoms with Crippen LogP contribution < -0.4 is 14.8 Å². The van der Waals surface area contributed by atoms with Crippen LogP contribution in [0.5, 0.6) is 11.5 Å². The summed E-state index contributed by atoms with van der Waals surface area (Å²) in [7, 11) is 3.09. The lowest BCUT2D eigenvalue weighted by atomic mass is 9.89. The molecule has 3 rings (SSSR count). The zero-order valence-electron chi connectivity index (χ0n) is 21.3. The van der Waals surface area contributed by atoms with Crippen LogP contribution in [-0.4, -0.2) is 54.3 Å². The highest BCUT2D eigenvalue weighted by molar-refractivity contribution is 6.64. The third-order valence-corrected chi connectivity index (χ3v) is 5.73. The summed E-state index contributed by atoms with van der Waals surface area (Å²) < 4.78 is 80.0. The van der Waals surface area contributed by atoms with Crippen molar-refractivity contribution in [3.63, 3.8) is 0 Å². The number of nitrogens with one attached hydrogen (secondary N) is 1. The van der Waals surface area contributed by atoms with Crippen LogP contribution in [-0.2, 0) is 20.9 Å². The second kappa shape index (κ2) is 13.5. The van der Waals surface area contributed by atoms with E-state index in [9.17, 15) is 35.9 Å². The molecule has 218 valence electrons. The van der Waals surface area contributed by atoms with Crippen molar-refractivity contribution in [1.82, 2.24) is 5.01 Å². The molecule has 1 aliphatic rings. The molecule has 0 saturated carbocycles. The summed E-state index contributed by atoms with van der Waals surface area (Å²) in [6, 6.07) is 11.2. The van der Waals surface area contributed by atoms with E-state index in [0.29, 0.717) is 17.1 Å². The summed E-state index contributed by atoms with van der Waals surface area (Å²) in [4.78, 5) is 32.9. The Morgan fingerprint density at radius 1 is 1.00 bits per heavy atom. The van der Waals surface area contributed by atoms with E-state index in [0.717, 1.165) is 17.7 Å². The topological polar surface area (TPSA) is 97.3 Å². The van der Waals surface area contributed by atoms with E-state index in [4.69, 9.17) is 14.3 Å². The van der Waals surface area contributed by atoms with Crippen molar-refractivity contribution in [2.24, 2.45) is 11.0 Å². The molecule has 1 atom stereocenters. The smallest absolute Gasteiger partial charge is 0.471 e. The Kier molecular flexibility index (Phi) is 10.9. The number of rotatable bonds is 7. The van der Waals surface area contributed by atoms with E-state index >= 15 is 0 Å². The Hall–Kier alpha value is -3.81. The number of methoxy groups -OCH3 is 2. The molecular weight excluding hydrogens is 572 g/mol. The van der Waals surface area contributed by atoms with Gasteiger partial charge < -0.3 is 14.8 Å². The zero-order chi connectivity index (χ0) is 30.3. The average molecular weight is 596 g/mol. The number of alkyl halides is 6. The summed E-state index contributed by atoms with van der Waals surface area (Å²) in [5.74, 6) is -1.13. The number of anilines is 1. The van der Waals surface area contributed by atoms with E-state index in [-0.39, 0.29) is 30.5 Å². The van der Waals surface area contributed by atoms with Gasteiger partial charge in [-0.2, -0.15) is 31.4 Å². The van der Waals surface area contributed by atoms with Crippen LogP contribution >= 0.6 is 11.6 Å². The lowest BCUT2D eigenvalue weighted by Gasteiger charge is -2.29. The molecule has 2 aromatic rings. The first-order valence-electron chi connectivity index (χ1n) is 11.5. The zero-order valence-corrected chi connectivity index (χ0v) is 22.1. The lowest BCUT2D eigenvalue weighted by Crippen LogP contribution is -2.36. The quantitative estimate of drug-likeness (QED) is 0.328. The van der Waals surface area contributed by atoms with Crippen LogP contribution in [0.4, 0.5) is 32.0 Å². The molecule has 1 aliphatic heterocycles. The molecule has 2 amide bonds. The molecule has 0 spiro atoms. The van der Waals surface area contributed by atoms with Gasteiger partial charge in [0.25, 0.3) is 0 Å². The first kappa shape index (κ1) is 32.4. The van der Waals surface area contributed by atoms with E-state index in [1.54, 1.807) is 18.5 Å². The third kappa shape index (κ3) is 8.86. The van der Waals surface area contributed by atoms with Gasteiger partial charge in [0.05, 0.1) is 26.5 Å². The van der Waals surface area contributed by atoms with E-state index in [1.807, 2.05) is 19.1 Å². The number of carbonyl (C=O) groups is 3. The first-order valence-corrected chi connectivity index (χ1v) is 11.8. The summed E-state index contributed by atoms with van der Waals surface area (Å²) in [5.41, 5.74) is 2.21. The van der Waals surface area contributed by atoms with Crippen LogP contribution in [0.15, 0.2) is 47.6 Å². The van der Waals surface area contributed by atoms with Gasteiger partial charge in [0, 0.05) is 23.6 Å². The lowest BCUT2D eigenvalue weighted by molar-refractivity contribution is -0.167. The first-order chi connectivity index (χ1) is 18.6. The average Bonchev–Trinajstić information content (AvgIpc) is 2.89.